The second-order valence-corrected chi connectivity index (χ2v) is 6.25. The number of imide groups is 1. The number of carbonyl (C=O) groups excluding carboxylic acids is 2. The molecule has 148 valence electrons. The summed E-state index contributed by atoms with van der Waals surface area (Å²) in [6.07, 6.45) is 0.650. The van der Waals surface area contributed by atoms with Gasteiger partial charge in [0.2, 0.25) is 0 Å². The van der Waals surface area contributed by atoms with E-state index in [0.29, 0.717) is 30.0 Å². The quantitative estimate of drug-likeness (QED) is 0.635. The van der Waals surface area contributed by atoms with Crippen molar-refractivity contribution in [2.75, 3.05) is 13.7 Å². The number of ether oxygens (including phenoxy) is 2. The minimum absolute atomic E-state index is 0.371. The number of hydrogen-bond donors (Lipinski definition) is 2. The summed E-state index contributed by atoms with van der Waals surface area (Å²) in [5.74, 6) is 1.63. The fourth-order valence-corrected chi connectivity index (χ4v) is 2.63. The molecule has 3 rings (SSSR count). The third-order valence-corrected chi connectivity index (χ3v) is 4.18. The van der Waals surface area contributed by atoms with E-state index in [4.69, 9.17) is 9.47 Å². The van der Waals surface area contributed by atoms with Crippen LogP contribution in [-0.4, -0.2) is 25.6 Å². The molecule has 0 heterocycles. The average molecular weight is 390 g/mol. The fraction of sp³-hybridized carbons (Fsp3) is 0.130. The van der Waals surface area contributed by atoms with E-state index in [2.05, 4.69) is 10.6 Å². The van der Waals surface area contributed by atoms with Gasteiger partial charge >= 0.3 is 6.03 Å². The lowest BCUT2D eigenvalue weighted by Gasteiger charge is -2.08. The molecule has 29 heavy (non-hydrogen) atoms. The molecule has 0 aliphatic carbocycles. The van der Waals surface area contributed by atoms with Crippen molar-refractivity contribution in [3.63, 3.8) is 0 Å². The highest BCUT2D eigenvalue weighted by atomic mass is 16.5. The molecule has 6 nitrogen and oxygen atoms in total. The third kappa shape index (κ3) is 6.10. The van der Waals surface area contributed by atoms with Crippen molar-refractivity contribution in [3.05, 3.63) is 90.0 Å². The van der Waals surface area contributed by atoms with E-state index in [1.54, 1.807) is 31.4 Å². The zero-order valence-corrected chi connectivity index (χ0v) is 16.1. The van der Waals surface area contributed by atoms with Crippen LogP contribution in [0.4, 0.5) is 4.79 Å². The SMILES string of the molecule is COc1ccc(CCNC(=O)NC(=O)c2ccc(Oc3ccccc3)cc2)cc1. The Balaban J connectivity index is 1.44. The van der Waals surface area contributed by atoms with Crippen LogP contribution in [0.3, 0.4) is 0 Å². The van der Waals surface area contributed by atoms with Crippen LogP contribution in [0, 0.1) is 0 Å². The monoisotopic (exact) mass is 390 g/mol. The van der Waals surface area contributed by atoms with E-state index < -0.39 is 11.9 Å². The Bertz CT molecular complexity index is 939. The summed E-state index contributed by atoms with van der Waals surface area (Å²) < 4.78 is 10.8. The second kappa shape index (κ2) is 9.94. The van der Waals surface area contributed by atoms with Crippen LogP contribution in [0.5, 0.6) is 17.2 Å². The van der Waals surface area contributed by atoms with E-state index in [0.717, 1.165) is 11.3 Å². The highest BCUT2D eigenvalue weighted by Gasteiger charge is 2.10. The van der Waals surface area contributed by atoms with Gasteiger partial charge in [-0.1, -0.05) is 30.3 Å². The molecule has 6 heteroatoms. The zero-order chi connectivity index (χ0) is 20.5. The van der Waals surface area contributed by atoms with Gasteiger partial charge in [-0.15, -0.1) is 0 Å². The van der Waals surface area contributed by atoms with Gasteiger partial charge < -0.3 is 14.8 Å². The predicted octanol–water partition coefficient (Wildman–Crippen LogP) is 4.17. The highest BCUT2D eigenvalue weighted by Crippen LogP contribution is 2.21. The Morgan fingerprint density at radius 1 is 0.793 bits per heavy atom. The summed E-state index contributed by atoms with van der Waals surface area (Å²) in [6.45, 7) is 0.412. The first-order valence-corrected chi connectivity index (χ1v) is 9.19. The normalized spacial score (nSPS) is 10.1. The van der Waals surface area contributed by atoms with Crippen molar-refractivity contribution < 1.29 is 19.1 Å². The molecular formula is C23H22N2O4. The van der Waals surface area contributed by atoms with Gasteiger partial charge in [0.25, 0.3) is 5.91 Å². The molecule has 3 amide bonds. The summed E-state index contributed by atoms with van der Waals surface area (Å²) in [6, 6.07) is 23.0. The summed E-state index contributed by atoms with van der Waals surface area (Å²) in [4.78, 5) is 24.1. The molecule has 0 aliphatic rings. The molecule has 0 atom stereocenters. The molecule has 0 bridgehead atoms. The summed E-state index contributed by atoms with van der Waals surface area (Å²) >= 11 is 0. The van der Waals surface area contributed by atoms with E-state index in [1.165, 1.54) is 0 Å². The molecule has 0 saturated heterocycles. The molecule has 3 aromatic carbocycles. The Kier molecular flexibility index (Phi) is 6.84. The van der Waals surface area contributed by atoms with Crippen molar-refractivity contribution in [1.29, 1.82) is 0 Å². The smallest absolute Gasteiger partial charge is 0.321 e. The lowest BCUT2D eigenvalue weighted by atomic mass is 10.1. The van der Waals surface area contributed by atoms with Crippen molar-refractivity contribution in [3.8, 4) is 17.2 Å². The van der Waals surface area contributed by atoms with Crippen molar-refractivity contribution in [1.82, 2.24) is 10.6 Å². The number of rotatable bonds is 7. The Labute approximate surface area is 169 Å². The van der Waals surface area contributed by atoms with Crippen LogP contribution < -0.4 is 20.1 Å². The lowest BCUT2D eigenvalue weighted by Crippen LogP contribution is -2.40. The van der Waals surface area contributed by atoms with Crippen LogP contribution in [0.25, 0.3) is 0 Å². The second-order valence-electron chi connectivity index (χ2n) is 6.25. The van der Waals surface area contributed by atoms with Gasteiger partial charge in [-0.05, 0) is 60.5 Å². The zero-order valence-electron chi connectivity index (χ0n) is 16.1. The van der Waals surface area contributed by atoms with Crippen molar-refractivity contribution in [2.24, 2.45) is 0 Å². The maximum atomic E-state index is 12.2. The largest absolute Gasteiger partial charge is 0.497 e. The maximum Gasteiger partial charge on any atom is 0.321 e. The number of nitrogens with one attached hydrogen (secondary N) is 2. The fourth-order valence-electron chi connectivity index (χ4n) is 2.63. The number of carbonyl (C=O) groups is 2. The van der Waals surface area contributed by atoms with E-state index >= 15 is 0 Å². The van der Waals surface area contributed by atoms with Gasteiger partial charge in [-0.25, -0.2) is 4.79 Å². The van der Waals surface area contributed by atoms with Crippen molar-refractivity contribution in [2.45, 2.75) is 6.42 Å². The van der Waals surface area contributed by atoms with Gasteiger partial charge in [0.1, 0.15) is 17.2 Å². The summed E-state index contributed by atoms with van der Waals surface area (Å²) in [7, 11) is 1.61. The van der Waals surface area contributed by atoms with Gasteiger partial charge in [-0.2, -0.15) is 0 Å². The van der Waals surface area contributed by atoms with Crippen LogP contribution in [0.1, 0.15) is 15.9 Å². The molecule has 0 aliphatic heterocycles. The number of hydrogen-bond acceptors (Lipinski definition) is 4. The predicted molar refractivity (Wildman–Crippen MR) is 111 cm³/mol. The van der Waals surface area contributed by atoms with E-state index in [9.17, 15) is 9.59 Å². The molecule has 0 spiro atoms. The topological polar surface area (TPSA) is 76.7 Å². The van der Waals surface area contributed by atoms with Gasteiger partial charge in [-0.3, -0.25) is 10.1 Å². The lowest BCUT2D eigenvalue weighted by molar-refractivity contribution is 0.0964. The standard InChI is InChI=1S/C23H22N2O4/c1-28-19-11-7-17(8-12-19)15-16-24-23(27)25-22(26)18-9-13-21(14-10-18)29-20-5-3-2-4-6-20/h2-14H,15-16H2,1H3,(H2,24,25,26,27). The van der Waals surface area contributed by atoms with E-state index in [1.807, 2.05) is 54.6 Å². The number of urea groups is 1. The summed E-state index contributed by atoms with van der Waals surface area (Å²) in [5.41, 5.74) is 1.43. The number of methoxy groups -OCH3 is 1. The Morgan fingerprint density at radius 2 is 1.41 bits per heavy atom. The highest BCUT2D eigenvalue weighted by molar-refractivity contribution is 6.04. The van der Waals surface area contributed by atoms with Crippen LogP contribution in [-0.2, 0) is 6.42 Å². The molecule has 0 saturated carbocycles. The van der Waals surface area contributed by atoms with Crippen LogP contribution in [0.15, 0.2) is 78.9 Å². The first-order chi connectivity index (χ1) is 14.1. The molecule has 0 unspecified atom stereocenters. The first-order valence-electron chi connectivity index (χ1n) is 9.19. The third-order valence-electron chi connectivity index (χ3n) is 4.18. The molecular weight excluding hydrogens is 368 g/mol. The minimum atomic E-state index is -0.534. The molecule has 3 aromatic rings. The van der Waals surface area contributed by atoms with Crippen LogP contribution >= 0.6 is 0 Å². The number of benzene rings is 3. The van der Waals surface area contributed by atoms with Crippen molar-refractivity contribution >= 4 is 11.9 Å². The average Bonchev–Trinajstić information content (AvgIpc) is 2.75. The number of amides is 3. The van der Waals surface area contributed by atoms with Crippen LogP contribution in [0.2, 0.25) is 0 Å². The maximum absolute atomic E-state index is 12.2. The van der Waals surface area contributed by atoms with Gasteiger partial charge in [0.15, 0.2) is 0 Å². The Hall–Kier alpha value is -3.80. The molecule has 0 aromatic heterocycles. The molecule has 0 radical (unpaired) electrons. The van der Waals surface area contributed by atoms with E-state index in [-0.39, 0.29) is 0 Å². The minimum Gasteiger partial charge on any atom is -0.497 e. The first kappa shape index (κ1) is 19.9. The van der Waals surface area contributed by atoms with Gasteiger partial charge in [0.05, 0.1) is 7.11 Å². The number of para-hydroxylation sites is 1. The Morgan fingerprint density at radius 3 is 2.07 bits per heavy atom. The summed E-state index contributed by atoms with van der Waals surface area (Å²) in [5, 5.41) is 5.00. The molecule has 0 fully saturated rings. The molecule has 2 N–H and O–H groups in total. The van der Waals surface area contributed by atoms with Gasteiger partial charge in [0, 0.05) is 12.1 Å².